The predicted molar refractivity (Wildman–Crippen MR) is 79.1 cm³/mol. The Kier molecular flexibility index (Phi) is 6.41. The van der Waals surface area contributed by atoms with Crippen molar-refractivity contribution in [3.63, 3.8) is 0 Å². The second-order valence-electron chi connectivity index (χ2n) is 4.28. The van der Waals surface area contributed by atoms with E-state index in [1.165, 1.54) is 12.1 Å². The Morgan fingerprint density at radius 2 is 2.15 bits per heavy atom. The molecule has 0 bridgehead atoms. The number of benzene rings is 1. The third-order valence-electron chi connectivity index (χ3n) is 2.64. The van der Waals surface area contributed by atoms with Gasteiger partial charge in [0.25, 0.3) is 5.91 Å². The summed E-state index contributed by atoms with van der Waals surface area (Å²) in [4.78, 5) is 11.9. The van der Waals surface area contributed by atoms with Crippen LogP contribution in [-0.4, -0.2) is 27.4 Å². The minimum Gasteiger partial charge on any atom is -0.349 e. The Morgan fingerprint density at radius 3 is 2.80 bits per heavy atom. The molecule has 5 nitrogen and oxygen atoms in total. The fraction of sp³-hybridized carbons (Fsp3) is 0.357. The van der Waals surface area contributed by atoms with Gasteiger partial charge in [-0.25, -0.2) is 13.1 Å². The number of sulfonamides is 1. The number of amides is 1. The molecule has 1 rings (SSSR count). The fourth-order valence-electron chi connectivity index (χ4n) is 1.54. The molecule has 2 N–H and O–H groups in total. The van der Waals surface area contributed by atoms with Crippen LogP contribution in [0.3, 0.4) is 0 Å². The molecule has 1 aromatic carbocycles. The van der Waals surface area contributed by atoms with E-state index in [0.717, 1.165) is 12.8 Å². The van der Waals surface area contributed by atoms with Crippen molar-refractivity contribution in [1.29, 1.82) is 0 Å². The van der Waals surface area contributed by atoms with Crippen LogP contribution < -0.4 is 10.0 Å². The van der Waals surface area contributed by atoms with Gasteiger partial charge in [0, 0.05) is 18.7 Å². The van der Waals surface area contributed by atoms with Crippen molar-refractivity contribution in [2.24, 2.45) is 0 Å². The van der Waals surface area contributed by atoms with Crippen molar-refractivity contribution in [2.75, 3.05) is 13.1 Å². The minimum absolute atomic E-state index is 0.0971. The molecule has 0 saturated carbocycles. The molecule has 0 aliphatic carbocycles. The molecule has 0 radical (unpaired) electrons. The molecule has 0 atom stereocenters. The molecule has 0 heterocycles. The standard InChI is InChI=1S/C14H20N2O3S/c1-3-5-10-16-20(18,19)13-8-6-7-12(11-13)14(17)15-9-4-2/h4,6-8,11,16H,2-3,5,9-10H2,1H3,(H,15,17). The van der Waals surface area contributed by atoms with Crippen LogP contribution in [0, 0.1) is 0 Å². The van der Waals surface area contributed by atoms with Gasteiger partial charge < -0.3 is 5.32 Å². The van der Waals surface area contributed by atoms with Crippen molar-refractivity contribution in [3.8, 4) is 0 Å². The summed E-state index contributed by atoms with van der Waals surface area (Å²) in [6.07, 6.45) is 3.25. The Balaban J connectivity index is 2.86. The highest BCUT2D eigenvalue weighted by Gasteiger charge is 2.15. The number of nitrogens with one attached hydrogen (secondary N) is 2. The molecule has 20 heavy (non-hydrogen) atoms. The van der Waals surface area contributed by atoms with E-state index in [-0.39, 0.29) is 10.8 Å². The molecule has 0 spiro atoms. The van der Waals surface area contributed by atoms with Crippen LogP contribution in [0.15, 0.2) is 41.8 Å². The third kappa shape index (κ3) is 4.79. The average molecular weight is 296 g/mol. The maximum absolute atomic E-state index is 12.0. The van der Waals surface area contributed by atoms with E-state index in [2.05, 4.69) is 16.6 Å². The zero-order chi connectivity index (χ0) is 15.0. The van der Waals surface area contributed by atoms with Gasteiger partial charge >= 0.3 is 0 Å². The zero-order valence-corrected chi connectivity index (χ0v) is 12.4. The minimum atomic E-state index is -3.56. The summed E-state index contributed by atoms with van der Waals surface area (Å²) in [6.45, 7) is 6.22. The highest BCUT2D eigenvalue weighted by Crippen LogP contribution is 2.11. The second kappa shape index (κ2) is 7.81. The van der Waals surface area contributed by atoms with Gasteiger partial charge in [0.05, 0.1) is 4.90 Å². The van der Waals surface area contributed by atoms with E-state index in [9.17, 15) is 13.2 Å². The van der Waals surface area contributed by atoms with Crippen LogP contribution in [0.5, 0.6) is 0 Å². The second-order valence-corrected chi connectivity index (χ2v) is 6.04. The van der Waals surface area contributed by atoms with Gasteiger partial charge in [0.15, 0.2) is 0 Å². The van der Waals surface area contributed by atoms with Crippen LogP contribution >= 0.6 is 0 Å². The molecule has 0 aromatic heterocycles. The van der Waals surface area contributed by atoms with Crippen LogP contribution in [0.1, 0.15) is 30.1 Å². The Bertz CT molecular complexity index is 568. The molecule has 110 valence electrons. The molecule has 1 amide bonds. The summed E-state index contributed by atoms with van der Waals surface area (Å²) in [5, 5.41) is 2.61. The van der Waals surface area contributed by atoms with Crippen molar-refractivity contribution in [2.45, 2.75) is 24.7 Å². The van der Waals surface area contributed by atoms with Gasteiger partial charge in [0.1, 0.15) is 0 Å². The summed E-state index contributed by atoms with van der Waals surface area (Å²) in [7, 11) is -3.56. The first-order chi connectivity index (χ1) is 9.51. The molecule has 0 fully saturated rings. The molecular formula is C14H20N2O3S. The molecule has 1 aromatic rings. The summed E-state index contributed by atoms with van der Waals surface area (Å²) >= 11 is 0. The number of rotatable bonds is 8. The number of unbranched alkanes of at least 4 members (excludes halogenated alkanes) is 1. The number of carbonyl (C=O) groups is 1. The first-order valence-corrected chi connectivity index (χ1v) is 7.98. The summed E-state index contributed by atoms with van der Waals surface area (Å²) in [5.41, 5.74) is 0.310. The Labute approximate surface area is 120 Å². The quantitative estimate of drug-likeness (QED) is 0.566. The van der Waals surface area contributed by atoms with Gasteiger partial charge in [0.2, 0.25) is 10.0 Å². The lowest BCUT2D eigenvalue weighted by atomic mass is 10.2. The SMILES string of the molecule is C=CCNC(=O)c1cccc(S(=O)(=O)NCCCC)c1. The Morgan fingerprint density at radius 1 is 1.40 bits per heavy atom. The number of carbonyl (C=O) groups excluding carboxylic acids is 1. The van der Waals surface area contributed by atoms with Crippen molar-refractivity contribution >= 4 is 15.9 Å². The van der Waals surface area contributed by atoms with E-state index in [1.807, 2.05) is 6.92 Å². The maximum atomic E-state index is 12.0. The average Bonchev–Trinajstić information content (AvgIpc) is 2.45. The summed E-state index contributed by atoms with van der Waals surface area (Å²) in [6, 6.07) is 5.96. The number of hydrogen-bond donors (Lipinski definition) is 2. The lowest BCUT2D eigenvalue weighted by Crippen LogP contribution is -2.26. The van der Waals surface area contributed by atoms with Crippen LogP contribution in [0.4, 0.5) is 0 Å². The van der Waals surface area contributed by atoms with E-state index in [4.69, 9.17) is 0 Å². The van der Waals surface area contributed by atoms with Crippen molar-refractivity contribution < 1.29 is 13.2 Å². The zero-order valence-electron chi connectivity index (χ0n) is 11.6. The maximum Gasteiger partial charge on any atom is 0.251 e. The molecule has 6 heteroatoms. The molecule has 0 aliphatic heterocycles. The normalized spacial score (nSPS) is 11.1. The lowest BCUT2D eigenvalue weighted by Gasteiger charge is -2.08. The predicted octanol–water partition coefficient (Wildman–Crippen LogP) is 1.68. The highest BCUT2D eigenvalue weighted by atomic mass is 32.2. The van der Waals surface area contributed by atoms with Crippen LogP contribution in [0.2, 0.25) is 0 Å². The van der Waals surface area contributed by atoms with Gasteiger partial charge in [-0.1, -0.05) is 25.5 Å². The first kappa shape index (κ1) is 16.4. The summed E-state index contributed by atoms with van der Waals surface area (Å²) in [5.74, 6) is -0.324. The lowest BCUT2D eigenvalue weighted by molar-refractivity contribution is 0.0958. The van der Waals surface area contributed by atoms with Gasteiger partial charge in [-0.2, -0.15) is 0 Å². The fourth-order valence-corrected chi connectivity index (χ4v) is 2.66. The smallest absolute Gasteiger partial charge is 0.251 e. The topological polar surface area (TPSA) is 75.3 Å². The molecule has 0 aliphatic rings. The van der Waals surface area contributed by atoms with Gasteiger partial charge in [-0.05, 0) is 24.6 Å². The largest absolute Gasteiger partial charge is 0.349 e. The van der Waals surface area contributed by atoms with Gasteiger partial charge in [-0.3, -0.25) is 4.79 Å². The third-order valence-corrected chi connectivity index (χ3v) is 4.09. The van der Waals surface area contributed by atoms with Crippen molar-refractivity contribution in [3.05, 3.63) is 42.5 Å². The van der Waals surface area contributed by atoms with E-state index in [0.29, 0.717) is 18.7 Å². The van der Waals surface area contributed by atoms with Crippen LogP contribution in [0.25, 0.3) is 0 Å². The van der Waals surface area contributed by atoms with E-state index >= 15 is 0 Å². The molecule has 0 saturated heterocycles. The highest BCUT2D eigenvalue weighted by molar-refractivity contribution is 7.89. The molecular weight excluding hydrogens is 276 g/mol. The number of hydrogen-bond acceptors (Lipinski definition) is 3. The Hall–Kier alpha value is -1.66. The first-order valence-electron chi connectivity index (χ1n) is 6.50. The van der Waals surface area contributed by atoms with Crippen molar-refractivity contribution in [1.82, 2.24) is 10.0 Å². The van der Waals surface area contributed by atoms with Crippen LogP contribution in [-0.2, 0) is 10.0 Å². The van der Waals surface area contributed by atoms with E-state index in [1.54, 1.807) is 18.2 Å². The summed E-state index contributed by atoms with van der Waals surface area (Å²) < 4.78 is 26.6. The molecule has 0 unspecified atom stereocenters. The monoisotopic (exact) mass is 296 g/mol. The van der Waals surface area contributed by atoms with Gasteiger partial charge in [-0.15, -0.1) is 6.58 Å². The van der Waals surface area contributed by atoms with E-state index < -0.39 is 10.0 Å².